The van der Waals surface area contributed by atoms with Gasteiger partial charge in [0.2, 0.25) is 0 Å². The molecule has 0 aromatic rings. The molecule has 2 saturated carbocycles. The highest BCUT2D eigenvalue weighted by atomic mass is 16.7. The smallest absolute Gasteiger partial charge is 0.169 e. The standard InChI is InChI=1S/C10H16O2/c1-9-6-8(9)2-3-10(7-9)11-4-5-12-10/h8H,2-7H2,1H3/t8-,9+/m1/s1. The van der Waals surface area contributed by atoms with Crippen molar-refractivity contribution in [3.8, 4) is 0 Å². The maximum Gasteiger partial charge on any atom is 0.169 e. The molecular weight excluding hydrogens is 152 g/mol. The van der Waals surface area contributed by atoms with Crippen molar-refractivity contribution >= 4 is 0 Å². The van der Waals surface area contributed by atoms with Crippen LogP contribution in [0, 0.1) is 11.3 Å². The quantitative estimate of drug-likeness (QED) is 0.550. The van der Waals surface area contributed by atoms with E-state index in [9.17, 15) is 0 Å². The van der Waals surface area contributed by atoms with E-state index in [1.54, 1.807) is 0 Å². The third kappa shape index (κ3) is 0.882. The van der Waals surface area contributed by atoms with Gasteiger partial charge in [-0.25, -0.2) is 0 Å². The van der Waals surface area contributed by atoms with Gasteiger partial charge >= 0.3 is 0 Å². The topological polar surface area (TPSA) is 18.5 Å². The van der Waals surface area contributed by atoms with Gasteiger partial charge in [-0.05, 0) is 24.2 Å². The molecule has 0 aromatic carbocycles. The summed E-state index contributed by atoms with van der Waals surface area (Å²) in [5, 5.41) is 0. The van der Waals surface area contributed by atoms with Crippen LogP contribution in [0.25, 0.3) is 0 Å². The number of rotatable bonds is 0. The maximum absolute atomic E-state index is 5.72. The number of ether oxygens (including phenoxy) is 2. The van der Waals surface area contributed by atoms with Crippen molar-refractivity contribution in [2.75, 3.05) is 13.2 Å². The molecule has 1 spiro atoms. The lowest BCUT2D eigenvalue weighted by molar-refractivity contribution is -0.187. The van der Waals surface area contributed by atoms with E-state index in [0.29, 0.717) is 5.41 Å². The van der Waals surface area contributed by atoms with Crippen LogP contribution in [0.15, 0.2) is 0 Å². The molecule has 0 radical (unpaired) electrons. The second-order valence-electron chi connectivity index (χ2n) is 4.88. The van der Waals surface area contributed by atoms with Crippen molar-refractivity contribution in [3.05, 3.63) is 0 Å². The predicted octanol–water partition coefficient (Wildman–Crippen LogP) is 1.94. The Morgan fingerprint density at radius 2 is 2.00 bits per heavy atom. The van der Waals surface area contributed by atoms with E-state index in [0.717, 1.165) is 32.0 Å². The minimum Gasteiger partial charge on any atom is -0.348 e. The summed E-state index contributed by atoms with van der Waals surface area (Å²) in [6.07, 6.45) is 5.00. The summed E-state index contributed by atoms with van der Waals surface area (Å²) < 4.78 is 11.4. The average molecular weight is 168 g/mol. The maximum atomic E-state index is 5.72. The van der Waals surface area contributed by atoms with Crippen molar-refractivity contribution in [1.82, 2.24) is 0 Å². The monoisotopic (exact) mass is 168 g/mol. The molecule has 0 bridgehead atoms. The van der Waals surface area contributed by atoms with Gasteiger partial charge in [-0.3, -0.25) is 0 Å². The minimum atomic E-state index is -0.151. The summed E-state index contributed by atoms with van der Waals surface area (Å²) in [5.74, 6) is 0.831. The molecule has 1 saturated heterocycles. The molecule has 3 rings (SSSR count). The van der Waals surface area contributed by atoms with Crippen molar-refractivity contribution in [2.24, 2.45) is 11.3 Å². The molecule has 0 amide bonds. The molecule has 2 heteroatoms. The lowest BCUT2D eigenvalue weighted by Crippen LogP contribution is -2.36. The molecule has 2 aliphatic carbocycles. The minimum absolute atomic E-state index is 0.151. The first-order valence-corrected chi connectivity index (χ1v) is 5.00. The first-order valence-electron chi connectivity index (χ1n) is 5.00. The molecule has 0 unspecified atom stereocenters. The van der Waals surface area contributed by atoms with Gasteiger partial charge in [0.05, 0.1) is 13.2 Å². The largest absolute Gasteiger partial charge is 0.348 e. The Labute approximate surface area is 73.2 Å². The van der Waals surface area contributed by atoms with Crippen molar-refractivity contribution in [2.45, 2.75) is 38.4 Å². The number of hydrogen-bond acceptors (Lipinski definition) is 2. The lowest BCUT2D eigenvalue weighted by Gasteiger charge is -2.34. The zero-order valence-electron chi connectivity index (χ0n) is 7.64. The van der Waals surface area contributed by atoms with Crippen LogP contribution >= 0.6 is 0 Å². The number of hydrogen-bond donors (Lipinski definition) is 0. The summed E-state index contributed by atoms with van der Waals surface area (Å²) in [4.78, 5) is 0. The fraction of sp³-hybridized carbons (Fsp3) is 1.00. The zero-order valence-corrected chi connectivity index (χ0v) is 7.64. The third-order valence-electron chi connectivity index (χ3n) is 3.90. The normalized spacial score (nSPS) is 49.2. The first-order chi connectivity index (χ1) is 5.73. The van der Waals surface area contributed by atoms with Gasteiger partial charge < -0.3 is 9.47 Å². The molecule has 12 heavy (non-hydrogen) atoms. The van der Waals surface area contributed by atoms with Crippen LogP contribution in [0.3, 0.4) is 0 Å². The van der Waals surface area contributed by atoms with Gasteiger partial charge in [0.25, 0.3) is 0 Å². The SMILES string of the molecule is C[C@@]12C[C@H]1CCC1(C2)OCCO1. The summed E-state index contributed by atoms with van der Waals surface area (Å²) in [5.41, 5.74) is 0.572. The Balaban J connectivity index is 1.80. The van der Waals surface area contributed by atoms with Crippen molar-refractivity contribution < 1.29 is 9.47 Å². The molecule has 2 nitrogen and oxygen atoms in total. The third-order valence-corrected chi connectivity index (χ3v) is 3.90. The van der Waals surface area contributed by atoms with Crippen molar-refractivity contribution in [1.29, 1.82) is 0 Å². The Hall–Kier alpha value is -0.0800. The highest BCUT2D eigenvalue weighted by Crippen LogP contribution is 2.64. The fourth-order valence-electron chi connectivity index (χ4n) is 3.01. The zero-order chi connectivity index (χ0) is 8.23. The highest BCUT2D eigenvalue weighted by molar-refractivity contribution is 5.06. The van der Waals surface area contributed by atoms with Crippen LogP contribution in [0.2, 0.25) is 0 Å². The molecule has 2 atom stereocenters. The molecule has 1 aliphatic heterocycles. The van der Waals surface area contributed by atoms with E-state index < -0.39 is 0 Å². The second kappa shape index (κ2) is 2.05. The van der Waals surface area contributed by atoms with Crippen LogP contribution in [0.5, 0.6) is 0 Å². The van der Waals surface area contributed by atoms with Gasteiger partial charge in [0.15, 0.2) is 5.79 Å². The lowest BCUT2D eigenvalue weighted by atomic mass is 9.85. The van der Waals surface area contributed by atoms with E-state index in [2.05, 4.69) is 6.92 Å². The van der Waals surface area contributed by atoms with Crippen LogP contribution in [-0.4, -0.2) is 19.0 Å². The molecular formula is C10H16O2. The van der Waals surface area contributed by atoms with E-state index in [1.165, 1.54) is 12.8 Å². The average Bonchev–Trinajstić information content (AvgIpc) is 2.47. The highest BCUT2D eigenvalue weighted by Gasteiger charge is 2.59. The Bertz CT molecular complexity index is 208. The van der Waals surface area contributed by atoms with E-state index in [1.807, 2.05) is 0 Å². The molecule has 1 heterocycles. The van der Waals surface area contributed by atoms with E-state index in [4.69, 9.17) is 9.47 Å². The Morgan fingerprint density at radius 3 is 2.67 bits per heavy atom. The molecule has 3 aliphatic rings. The van der Waals surface area contributed by atoms with Gasteiger partial charge in [-0.15, -0.1) is 0 Å². The Kier molecular flexibility index (Phi) is 1.25. The second-order valence-corrected chi connectivity index (χ2v) is 4.88. The number of fused-ring (bicyclic) bond motifs is 1. The van der Waals surface area contributed by atoms with Crippen LogP contribution in [0.1, 0.15) is 32.6 Å². The fourth-order valence-corrected chi connectivity index (χ4v) is 3.01. The van der Waals surface area contributed by atoms with E-state index >= 15 is 0 Å². The first kappa shape index (κ1) is 7.34. The molecule has 0 aromatic heterocycles. The summed E-state index contributed by atoms with van der Waals surface area (Å²) in [6.45, 7) is 3.99. The Morgan fingerprint density at radius 1 is 1.25 bits per heavy atom. The van der Waals surface area contributed by atoms with Crippen molar-refractivity contribution in [3.63, 3.8) is 0 Å². The summed E-state index contributed by atoms with van der Waals surface area (Å²) in [6, 6.07) is 0. The van der Waals surface area contributed by atoms with Gasteiger partial charge in [-0.2, -0.15) is 0 Å². The molecule has 68 valence electrons. The van der Waals surface area contributed by atoms with Gasteiger partial charge in [0.1, 0.15) is 0 Å². The molecule has 3 fully saturated rings. The van der Waals surface area contributed by atoms with E-state index in [-0.39, 0.29) is 5.79 Å². The van der Waals surface area contributed by atoms with Crippen LogP contribution in [0.4, 0.5) is 0 Å². The predicted molar refractivity (Wildman–Crippen MR) is 44.7 cm³/mol. The van der Waals surface area contributed by atoms with Gasteiger partial charge in [-0.1, -0.05) is 6.92 Å². The van der Waals surface area contributed by atoms with Gasteiger partial charge in [0, 0.05) is 12.8 Å². The summed E-state index contributed by atoms with van der Waals surface area (Å²) in [7, 11) is 0. The summed E-state index contributed by atoms with van der Waals surface area (Å²) >= 11 is 0. The van der Waals surface area contributed by atoms with Crippen LogP contribution in [-0.2, 0) is 9.47 Å². The molecule has 0 N–H and O–H groups in total. The van der Waals surface area contributed by atoms with Crippen LogP contribution < -0.4 is 0 Å².